The Morgan fingerprint density at radius 3 is 3.29 bits per heavy atom. The third-order valence-electron chi connectivity index (χ3n) is 2.29. The van der Waals surface area contributed by atoms with Crippen LogP contribution in [0.4, 0.5) is 5.69 Å². The molecule has 0 aliphatic carbocycles. The van der Waals surface area contributed by atoms with E-state index in [-0.39, 0.29) is 18.7 Å². The number of hydrogen-bond donors (Lipinski definition) is 2. The molecule has 0 saturated heterocycles. The van der Waals surface area contributed by atoms with Gasteiger partial charge in [-0.25, -0.2) is 4.68 Å². The van der Waals surface area contributed by atoms with Crippen LogP contribution in [-0.4, -0.2) is 28.0 Å². The summed E-state index contributed by atoms with van der Waals surface area (Å²) >= 11 is 0. The minimum Gasteiger partial charge on any atom is -0.394 e. The van der Waals surface area contributed by atoms with E-state index in [4.69, 9.17) is 5.11 Å². The van der Waals surface area contributed by atoms with Gasteiger partial charge < -0.3 is 10.4 Å². The van der Waals surface area contributed by atoms with Crippen LogP contribution in [0.15, 0.2) is 10.9 Å². The van der Waals surface area contributed by atoms with Crippen molar-refractivity contribution in [3.05, 3.63) is 22.1 Å². The van der Waals surface area contributed by atoms with Gasteiger partial charge in [-0.05, 0) is 12.8 Å². The first kappa shape index (κ1) is 9.21. The summed E-state index contributed by atoms with van der Waals surface area (Å²) in [6.45, 7) is 1.11. The lowest BCUT2D eigenvalue weighted by molar-refractivity contribution is 0.265. The zero-order valence-corrected chi connectivity index (χ0v) is 7.86. The van der Waals surface area contributed by atoms with Crippen molar-refractivity contribution in [3.63, 3.8) is 0 Å². The fraction of sp³-hybridized carbons (Fsp3) is 0.556. The van der Waals surface area contributed by atoms with Crippen molar-refractivity contribution in [2.75, 3.05) is 18.5 Å². The number of aryl methyl sites for hydroxylation is 1. The smallest absolute Gasteiger partial charge is 0.268 e. The highest BCUT2D eigenvalue weighted by Gasteiger charge is 2.11. The highest BCUT2D eigenvalue weighted by molar-refractivity contribution is 5.48. The Labute approximate surface area is 81.4 Å². The molecule has 0 bridgehead atoms. The lowest BCUT2D eigenvalue weighted by Gasteiger charge is -2.17. The third kappa shape index (κ3) is 1.63. The standard InChI is InChI=1S/C9H13N3O2/c13-5-4-12-9(14)6-8-7(11-12)2-1-3-10-8/h6,10,13H,1-5H2. The van der Waals surface area contributed by atoms with Gasteiger partial charge >= 0.3 is 0 Å². The van der Waals surface area contributed by atoms with Gasteiger partial charge in [-0.2, -0.15) is 5.10 Å². The zero-order valence-electron chi connectivity index (χ0n) is 7.86. The quantitative estimate of drug-likeness (QED) is 0.673. The van der Waals surface area contributed by atoms with E-state index in [1.54, 1.807) is 6.07 Å². The Hall–Kier alpha value is -1.36. The number of nitrogens with one attached hydrogen (secondary N) is 1. The number of rotatable bonds is 2. The molecule has 2 rings (SSSR count). The zero-order chi connectivity index (χ0) is 9.97. The van der Waals surface area contributed by atoms with E-state index in [1.165, 1.54) is 4.68 Å². The van der Waals surface area contributed by atoms with Crippen LogP contribution in [0.5, 0.6) is 0 Å². The second kappa shape index (κ2) is 3.79. The summed E-state index contributed by atoms with van der Waals surface area (Å²) in [5.74, 6) is 0. The third-order valence-corrected chi connectivity index (χ3v) is 2.29. The second-order valence-electron chi connectivity index (χ2n) is 3.32. The van der Waals surface area contributed by atoms with Gasteiger partial charge in [0.2, 0.25) is 0 Å². The van der Waals surface area contributed by atoms with Crippen LogP contribution in [0.3, 0.4) is 0 Å². The number of aliphatic hydroxyl groups excluding tert-OH is 1. The summed E-state index contributed by atoms with van der Waals surface area (Å²) in [5, 5.41) is 16.1. The van der Waals surface area contributed by atoms with Crippen molar-refractivity contribution in [3.8, 4) is 0 Å². The van der Waals surface area contributed by atoms with Crippen molar-refractivity contribution in [1.29, 1.82) is 0 Å². The number of fused-ring (bicyclic) bond motifs is 1. The predicted octanol–water partition coefficient (Wildman–Crippen LogP) is -0.406. The van der Waals surface area contributed by atoms with Crippen LogP contribution >= 0.6 is 0 Å². The molecule has 0 radical (unpaired) electrons. The molecule has 76 valence electrons. The van der Waals surface area contributed by atoms with Gasteiger partial charge in [-0.3, -0.25) is 4.79 Å². The number of aliphatic hydroxyl groups is 1. The number of anilines is 1. The summed E-state index contributed by atoms with van der Waals surface area (Å²) in [4.78, 5) is 11.4. The second-order valence-corrected chi connectivity index (χ2v) is 3.32. The van der Waals surface area contributed by atoms with E-state index in [0.717, 1.165) is 30.8 Å². The Balaban J connectivity index is 2.40. The van der Waals surface area contributed by atoms with Crippen LogP contribution in [0, 0.1) is 0 Å². The highest BCUT2D eigenvalue weighted by atomic mass is 16.3. The van der Waals surface area contributed by atoms with Crippen molar-refractivity contribution in [2.45, 2.75) is 19.4 Å². The number of aromatic nitrogens is 2. The van der Waals surface area contributed by atoms with Gasteiger partial charge in [0.1, 0.15) is 0 Å². The van der Waals surface area contributed by atoms with Gasteiger partial charge in [-0.1, -0.05) is 0 Å². The van der Waals surface area contributed by atoms with Gasteiger partial charge in [0.25, 0.3) is 5.56 Å². The molecule has 0 atom stereocenters. The average Bonchev–Trinajstić information content (AvgIpc) is 2.19. The van der Waals surface area contributed by atoms with Crippen molar-refractivity contribution in [1.82, 2.24) is 9.78 Å². The van der Waals surface area contributed by atoms with Crippen molar-refractivity contribution >= 4 is 5.69 Å². The summed E-state index contributed by atoms with van der Waals surface area (Å²) in [6.07, 6.45) is 1.94. The van der Waals surface area contributed by atoms with Crippen LogP contribution in [0.25, 0.3) is 0 Å². The maximum Gasteiger partial charge on any atom is 0.268 e. The lowest BCUT2D eigenvalue weighted by atomic mass is 10.1. The Morgan fingerprint density at radius 2 is 2.50 bits per heavy atom. The van der Waals surface area contributed by atoms with E-state index in [2.05, 4.69) is 10.4 Å². The molecule has 5 nitrogen and oxygen atoms in total. The van der Waals surface area contributed by atoms with E-state index >= 15 is 0 Å². The Bertz CT molecular complexity index is 386. The lowest BCUT2D eigenvalue weighted by Crippen LogP contribution is -2.28. The molecule has 0 aromatic carbocycles. The minimum atomic E-state index is -0.160. The maximum absolute atomic E-state index is 11.4. The maximum atomic E-state index is 11.4. The molecular formula is C9H13N3O2. The first-order valence-electron chi connectivity index (χ1n) is 4.77. The highest BCUT2D eigenvalue weighted by Crippen LogP contribution is 2.16. The van der Waals surface area contributed by atoms with E-state index in [9.17, 15) is 4.79 Å². The van der Waals surface area contributed by atoms with Gasteiger partial charge in [-0.15, -0.1) is 0 Å². The molecule has 1 aromatic rings. The topological polar surface area (TPSA) is 67.2 Å². The van der Waals surface area contributed by atoms with Crippen molar-refractivity contribution in [2.24, 2.45) is 0 Å². The van der Waals surface area contributed by atoms with Crippen LogP contribution < -0.4 is 10.9 Å². The molecule has 1 aliphatic rings. The average molecular weight is 195 g/mol. The Kier molecular flexibility index (Phi) is 2.49. The van der Waals surface area contributed by atoms with Gasteiger partial charge in [0.05, 0.1) is 24.5 Å². The molecule has 2 N–H and O–H groups in total. The van der Waals surface area contributed by atoms with Gasteiger partial charge in [0.15, 0.2) is 0 Å². The molecule has 0 unspecified atom stereocenters. The van der Waals surface area contributed by atoms with Crippen LogP contribution in [-0.2, 0) is 13.0 Å². The molecule has 2 heterocycles. The molecule has 0 saturated carbocycles. The normalized spacial score (nSPS) is 14.6. The van der Waals surface area contributed by atoms with Crippen LogP contribution in [0.2, 0.25) is 0 Å². The molecule has 5 heteroatoms. The minimum absolute atomic E-state index is 0.0564. The molecule has 1 aliphatic heterocycles. The van der Waals surface area contributed by atoms with Crippen LogP contribution in [0.1, 0.15) is 12.1 Å². The van der Waals surface area contributed by atoms with E-state index in [1.807, 2.05) is 0 Å². The molecule has 0 amide bonds. The Morgan fingerprint density at radius 1 is 1.64 bits per heavy atom. The van der Waals surface area contributed by atoms with Gasteiger partial charge in [0, 0.05) is 12.6 Å². The summed E-state index contributed by atoms with van der Waals surface area (Å²) < 4.78 is 1.31. The first-order chi connectivity index (χ1) is 6.81. The number of hydrogen-bond acceptors (Lipinski definition) is 4. The van der Waals surface area contributed by atoms with Crippen molar-refractivity contribution < 1.29 is 5.11 Å². The largest absolute Gasteiger partial charge is 0.394 e. The summed E-state index contributed by atoms with van der Waals surface area (Å²) in [6, 6.07) is 1.55. The predicted molar refractivity (Wildman–Crippen MR) is 52.4 cm³/mol. The molecular weight excluding hydrogens is 182 g/mol. The first-order valence-corrected chi connectivity index (χ1v) is 4.77. The summed E-state index contributed by atoms with van der Waals surface area (Å²) in [5.41, 5.74) is 1.60. The molecule has 0 fully saturated rings. The summed E-state index contributed by atoms with van der Waals surface area (Å²) in [7, 11) is 0. The number of nitrogens with zero attached hydrogens (tertiary/aromatic N) is 2. The fourth-order valence-corrected chi connectivity index (χ4v) is 1.60. The SMILES string of the molecule is O=c1cc2c(nn1CCO)CCCN2. The monoisotopic (exact) mass is 195 g/mol. The molecule has 14 heavy (non-hydrogen) atoms. The molecule has 0 spiro atoms. The molecule has 1 aromatic heterocycles. The fourth-order valence-electron chi connectivity index (χ4n) is 1.60. The van der Waals surface area contributed by atoms with E-state index in [0.29, 0.717) is 0 Å². The van der Waals surface area contributed by atoms with E-state index < -0.39 is 0 Å².